The maximum absolute atomic E-state index is 5.06. The van der Waals surface area contributed by atoms with Gasteiger partial charge in [0.2, 0.25) is 0 Å². The summed E-state index contributed by atoms with van der Waals surface area (Å²) < 4.78 is 5.06. The van der Waals surface area contributed by atoms with Gasteiger partial charge in [0.05, 0.1) is 23.8 Å². The highest BCUT2D eigenvalue weighted by Gasteiger charge is 2.00. The van der Waals surface area contributed by atoms with E-state index in [0.717, 1.165) is 11.6 Å². The van der Waals surface area contributed by atoms with Gasteiger partial charge in [-0.1, -0.05) is 0 Å². The molecule has 2 aromatic heterocycles. The SMILES string of the molecule is c1coc(Cc2cscn2)n1. The minimum atomic E-state index is 0.691. The molecular formula is C7H6N2OS. The molecule has 4 heteroatoms. The largest absolute Gasteiger partial charge is 0.449 e. The van der Waals surface area contributed by atoms with E-state index in [1.165, 1.54) is 0 Å². The van der Waals surface area contributed by atoms with Crippen LogP contribution in [-0.2, 0) is 6.42 Å². The third-order valence-corrected chi connectivity index (χ3v) is 1.93. The minimum absolute atomic E-state index is 0.691. The van der Waals surface area contributed by atoms with Crippen molar-refractivity contribution < 1.29 is 4.42 Å². The fourth-order valence-electron chi connectivity index (χ4n) is 0.820. The lowest BCUT2D eigenvalue weighted by atomic mass is 10.3. The van der Waals surface area contributed by atoms with Gasteiger partial charge >= 0.3 is 0 Å². The fourth-order valence-corrected chi connectivity index (χ4v) is 1.38. The third-order valence-electron chi connectivity index (χ3n) is 1.30. The molecule has 0 unspecified atom stereocenters. The average molecular weight is 166 g/mol. The van der Waals surface area contributed by atoms with Crippen LogP contribution in [0.2, 0.25) is 0 Å². The lowest BCUT2D eigenvalue weighted by Gasteiger charge is -1.87. The van der Waals surface area contributed by atoms with Crippen LogP contribution in [0.25, 0.3) is 0 Å². The van der Waals surface area contributed by atoms with E-state index in [0.29, 0.717) is 6.42 Å². The van der Waals surface area contributed by atoms with Gasteiger partial charge in [0.25, 0.3) is 0 Å². The number of thiazole rings is 1. The van der Waals surface area contributed by atoms with Crippen molar-refractivity contribution in [2.24, 2.45) is 0 Å². The Morgan fingerprint density at radius 2 is 2.45 bits per heavy atom. The van der Waals surface area contributed by atoms with Crippen molar-refractivity contribution in [2.75, 3.05) is 0 Å². The normalized spacial score (nSPS) is 10.2. The number of hydrogen-bond acceptors (Lipinski definition) is 4. The molecule has 0 aliphatic rings. The van der Waals surface area contributed by atoms with Crippen LogP contribution >= 0.6 is 11.3 Å². The van der Waals surface area contributed by atoms with E-state index in [2.05, 4.69) is 9.97 Å². The molecule has 0 spiro atoms. The summed E-state index contributed by atoms with van der Waals surface area (Å²) in [5, 5.41) is 1.99. The zero-order valence-corrected chi connectivity index (χ0v) is 6.54. The van der Waals surface area contributed by atoms with Crippen molar-refractivity contribution >= 4 is 11.3 Å². The van der Waals surface area contributed by atoms with Crippen molar-refractivity contribution in [3.05, 3.63) is 34.9 Å². The predicted molar refractivity (Wildman–Crippen MR) is 41.4 cm³/mol. The van der Waals surface area contributed by atoms with Crippen LogP contribution in [0, 0.1) is 0 Å². The van der Waals surface area contributed by atoms with Gasteiger partial charge in [-0.15, -0.1) is 11.3 Å². The quantitative estimate of drug-likeness (QED) is 0.681. The molecule has 0 aromatic carbocycles. The summed E-state index contributed by atoms with van der Waals surface area (Å²) in [6.45, 7) is 0. The molecule has 0 radical (unpaired) electrons. The Kier molecular flexibility index (Phi) is 1.69. The van der Waals surface area contributed by atoms with Gasteiger partial charge in [-0.3, -0.25) is 0 Å². The molecule has 0 N–H and O–H groups in total. The Morgan fingerprint density at radius 3 is 3.09 bits per heavy atom. The molecule has 2 heterocycles. The Hall–Kier alpha value is -1.16. The molecule has 0 saturated heterocycles. The number of rotatable bonds is 2. The predicted octanol–water partition coefficient (Wildman–Crippen LogP) is 1.72. The highest BCUT2D eigenvalue weighted by Crippen LogP contribution is 2.06. The summed E-state index contributed by atoms with van der Waals surface area (Å²) >= 11 is 1.58. The summed E-state index contributed by atoms with van der Waals surface area (Å²) in [5.74, 6) is 0.718. The Labute approximate surface area is 67.7 Å². The van der Waals surface area contributed by atoms with Crippen LogP contribution in [0.15, 0.2) is 27.8 Å². The highest BCUT2D eigenvalue weighted by molar-refractivity contribution is 7.07. The first kappa shape index (κ1) is 6.54. The molecule has 0 atom stereocenters. The van der Waals surface area contributed by atoms with Crippen LogP contribution < -0.4 is 0 Å². The molecule has 2 aromatic rings. The summed E-state index contributed by atoms with van der Waals surface area (Å²) in [6.07, 6.45) is 3.90. The van der Waals surface area contributed by atoms with Crippen LogP contribution in [0.3, 0.4) is 0 Å². The Morgan fingerprint density at radius 1 is 1.45 bits per heavy atom. The van der Waals surface area contributed by atoms with Gasteiger partial charge < -0.3 is 4.42 Å². The van der Waals surface area contributed by atoms with Crippen molar-refractivity contribution in [3.63, 3.8) is 0 Å². The van der Waals surface area contributed by atoms with E-state index in [1.54, 1.807) is 29.3 Å². The minimum Gasteiger partial charge on any atom is -0.449 e. The molecule has 0 bridgehead atoms. The fraction of sp³-hybridized carbons (Fsp3) is 0.143. The van der Waals surface area contributed by atoms with E-state index in [4.69, 9.17) is 4.42 Å². The van der Waals surface area contributed by atoms with Gasteiger partial charge in [-0.05, 0) is 0 Å². The molecule has 0 aliphatic heterocycles. The molecule has 56 valence electrons. The standard InChI is InChI=1S/C7H6N2OS/c1-2-10-7(8-1)3-6-4-11-5-9-6/h1-2,4-5H,3H2. The molecule has 2 rings (SSSR count). The van der Waals surface area contributed by atoms with E-state index < -0.39 is 0 Å². The number of hydrogen-bond donors (Lipinski definition) is 0. The van der Waals surface area contributed by atoms with Gasteiger partial charge in [-0.25, -0.2) is 9.97 Å². The molecule has 3 nitrogen and oxygen atoms in total. The molecule has 0 amide bonds. The van der Waals surface area contributed by atoms with Gasteiger partial charge in [-0.2, -0.15) is 0 Å². The van der Waals surface area contributed by atoms with Crippen LogP contribution in [0.1, 0.15) is 11.6 Å². The summed E-state index contributed by atoms with van der Waals surface area (Å²) in [6, 6.07) is 0. The zero-order valence-electron chi connectivity index (χ0n) is 5.73. The summed E-state index contributed by atoms with van der Waals surface area (Å²) in [7, 11) is 0. The van der Waals surface area contributed by atoms with Crippen molar-refractivity contribution in [3.8, 4) is 0 Å². The molecular weight excluding hydrogens is 160 g/mol. The first-order valence-electron chi connectivity index (χ1n) is 3.20. The summed E-state index contributed by atoms with van der Waals surface area (Å²) in [4.78, 5) is 8.10. The monoisotopic (exact) mass is 166 g/mol. The van der Waals surface area contributed by atoms with Crippen LogP contribution in [0.5, 0.6) is 0 Å². The van der Waals surface area contributed by atoms with Crippen LogP contribution in [-0.4, -0.2) is 9.97 Å². The molecule has 0 saturated carbocycles. The van der Waals surface area contributed by atoms with Crippen molar-refractivity contribution in [1.29, 1.82) is 0 Å². The zero-order chi connectivity index (χ0) is 7.52. The Bertz CT molecular complexity index is 269. The van der Waals surface area contributed by atoms with E-state index in [-0.39, 0.29) is 0 Å². The first-order chi connectivity index (χ1) is 5.45. The van der Waals surface area contributed by atoms with Gasteiger partial charge in [0.15, 0.2) is 5.89 Å². The van der Waals surface area contributed by atoms with E-state index in [1.807, 2.05) is 5.38 Å². The number of aromatic nitrogens is 2. The first-order valence-corrected chi connectivity index (χ1v) is 4.15. The highest BCUT2D eigenvalue weighted by atomic mass is 32.1. The van der Waals surface area contributed by atoms with Crippen molar-refractivity contribution in [2.45, 2.75) is 6.42 Å². The third kappa shape index (κ3) is 1.46. The molecule has 0 fully saturated rings. The van der Waals surface area contributed by atoms with Gasteiger partial charge in [0, 0.05) is 5.38 Å². The summed E-state index contributed by atoms with van der Waals surface area (Å²) in [5.41, 5.74) is 2.82. The van der Waals surface area contributed by atoms with Crippen LogP contribution in [0.4, 0.5) is 0 Å². The number of oxazole rings is 1. The van der Waals surface area contributed by atoms with Gasteiger partial charge in [0.1, 0.15) is 6.26 Å². The Balaban J connectivity index is 2.14. The molecule has 11 heavy (non-hydrogen) atoms. The maximum atomic E-state index is 5.06. The second-order valence-electron chi connectivity index (χ2n) is 2.08. The smallest absolute Gasteiger partial charge is 0.199 e. The van der Waals surface area contributed by atoms with Crippen molar-refractivity contribution in [1.82, 2.24) is 9.97 Å². The lowest BCUT2D eigenvalue weighted by molar-refractivity contribution is 0.505. The second-order valence-corrected chi connectivity index (χ2v) is 2.80. The average Bonchev–Trinajstić information content (AvgIpc) is 2.60. The molecule has 0 aliphatic carbocycles. The topological polar surface area (TPSA) is 38.9 Å². The van der Waals surface area contributed by atoms with E-state index in [9.17, 15) is 0 Å². The maximum Gasteiger partial charge on any atom is 0.199 e. The lowest BCUT2D eigenvalue weighted by Crippen LogP contribution is -1.86. The van der Waals surface area contributed by atoms with E-state index >= 15 is 0 Å². The second kappa shape index (κ2) is 2.84. The number of nitrogens with zero attached hydrogens (tertiary/aromatic N) is 2.